The zero-order valence-corrected chi connectivity index (χ0v) is 8.17. The van der Waals surface area contributed by atoms with Crippen molar-refractivity contribution in [2.75, 3.05) is 0 Å². The Kier molecular flexibility index (Phi) is 3.30. The fourth-order valence-corrected chi connectivity index (χ4v) is 1.17. The summed E-state index contributed by atoms with van der Waals surface area (Å²) in [6, 6.07) is 3.79. The van der Waals surface area contributed by atoms with Crippen molar-refractivity contribution in [3.63, 3.8) is 0 Å². The highest BCUT2D eigenvalue weighted by Crippen LogP contribution is 1.92. The quantitative estimate of drug-likeness (QED) is 0.782. The highest BCUT2D eigenvalue weighted by molar-refractivity contribution is 4.99. The van der Waals surface area contributed by atoms with Gasteiger partial charge in [-0.2, -0.15) is 10.2 Å². The molecule has 2 aromatic heterocycles. The first-order chi connectivity index (χ1) is 7.45. The Hall–Kier alpha value is -1.88. The number of nitrogens with zero attached hydrogens (tertiary/aromatic N) is 4. The van der Waals surface area contributed by atoms with Crippen LogP contribution in [0.15, 0.2) is 36.9 Å². The lowest BCUT2D eigenvalue weighted by Gasteiger charge is -2.02. The van der Waals surface area contributed by atoms with Crippen molar-refractivity contribution in [2.24, 2.45) is 0 Å². The molecular weight excluding hydrogens is 190 g/mol. The lowest BCUT2D eigenvalue weighted by atomic mass is 10.3. The van der Waals surface area contributed by atoms with Crippen molar-refractivity contribution in [1.82, 2.24) is 25.5 Å². The summed E-state index contributed by atoms with van der Waals surface area (Å²) in [4.78, 5) is 8.13. The van der Waals surface area contributed by atoms with Crippen LogP contribution in [0.25, 0.3) is 0 Å². The average Bonchev–Trinajstić information content (AvgIpc) is 2.32. The van der Waals surface area contributed by atoms with Crippen LogP contribution in [-0.4, -0.2) is 20.2 Å². The number of hydrogen-bond donors (Lipinski definition) is 1. The van der Waals surface area contributed by atoms with Gasteiger partial charge in [-0.25, -0.2) is 0 Å². The minimum absolute atomic E-state index is 0.685. The van der Waals surface area contributed by atoms with E-state index in [2.05, 4.69) is 25.5 Å². The molecule has 2 rings (SSSR count). The molecular formula is C10H11N5. The van der Waals surface area contributed by atoms with Gasteiger partial charge in [0.2, 0.25) is 0 Å². The van der Waals surface area contributed by atoms with Crippen LogP contribution in [0.3, 0.4) is 0 Å². The van der Waals surface area contributed by atoms with Crippen molar-refractivity contribution >= 4 is 0 Å². The number of rotatable bonds is 4. The van der Waals surface area contributed by atoms with E-state index in [1.807, 2.05) is 12.1 Å². The van der Waals surface area contributed by atoms with Gasteiger partial charge in [-0.15, -0.1) is 0 Å². The fraction of sp³-hybridized carbons (Fsp3) is 0.200. The summed E-state index contributed by atoms with van der Waals surface area (Å²) >= 11 is 0. The molecule has 15 heavy (non-hydrogen) atoms. The summed E-state index contributed by atoms with van der Waals surface area (Å²) in [5.41, 5.74) is 1.84. The average molecular weight is 201 g/mol. The summed E-state index contributed by atoms with van der Waals surface area (Å²) in [6.45, 7) is 1.37. The molecule has 0 amide bonds. The smallest absolute Gasteiger partial charge is 0.0769 e. The Balaban J connectivity index is 1.81. The van der Waals surface area contributed by atoms with E-state index in [0.717, 1.165) is 11.4 Å². The van der Waals surface area contributed by atoms with Crippen molar-refractivity contribution in [1.29, 1.82) is 0 Å². The van der Waals surface area contributed by atoms with Gasteiger partial charge in [0.15, 0.2) is 0 Å². The third kappa shape index (κ3) is 3.07. The minimum Gasteiger partial charge on any atom is -0.305 e. The van der Waals surface area contributed by atoms with E-state index >= 15 is 0 Å². The summed E-state index contributed by atoms with van der Waals surface area (Å²) < 4.78 is 0. The van der Waals surface area contributed by atoms with Crippen molar-refractivity contribution in [2.45, 2.75) is 13.1 Å². The Morgan fingerprint density at radius 1 is 1.07 bits per heavy atom. The largest absolute Gasteiger partial charge is 0.305 e. The molecule has 0 fully saturated rings. The molecule has 5 nitrogen and oxygen atoms in total. The van der Waals surface area contributed by atoms with Crippen LogP contribution >= 0.6 is 0 Å². The standard InChI is InChI=1S/C10H11N5/c1-2-9(15-14-3-1)6-12-8-10-7-11-4-5-13-10/h1-5,7,12H,6,8H2. The van der Waals surface area contributed by atoms with Crippen LogP contribution in [0, 0.1) is 0 Å². The van der Waals surface area contributed by atoms with Gasteiger partial charge in [0, 0.05) is 37.9 Å². The second-order valence-corrected chi connectivity index (χ2v) is 3.02. The summed E-state index contributed by atoms with van der Waals surface area (Å²) in [7, 11) is 0. The molecule has 0 saturated heterocycles. The Bertz CT molecular complexity index is 350. The number of hydrogen-bond acceptors (Lipinski definition) is 5. The molecule has 0 spiro atoms. The third-order valence-corrected chi connectivity index (χ3v) is 1.86. The molecule has 2 aromatic rings. The first-order valence-electron chi connectivity index (χ1n) is 4.67. The zero-order chi connectivity index (χ0) is 10.3. The second kappa shape index (κ2) is 5.11. The molecule has 76 valence electrons. The lowest BCUT2D eigenvalue weighted by molar-refractivity contribution is 0.656. The molecule has 2 heterocycles. The van der Waals surface area contributed by atoms with E-state index in [0.29, 0.717) is 13.1 Å². The molecule has 0 aliphatic heterocycles. The summed E-state index contributed by atoms with van der Waals surface area (Å²) in [5, 5.41) is 11.0. The van der Waals surface area contributed by atoms with Crippen molar-refractivity contribution < 1.29 is 0 Å². The SMILES string of the molecule is c1cnnc(CNCc2cnccn2)c1. The van der Waals surface area contributed by atoms with Gasteiger partial charge >= 0.3 is 0 Å². The maximum atomic E-state index is 4.15. The molecule has 0 aliphatic carbocycles. The lowest BCUT2D eigenvalue weighted by Crippen LogP contribution is -2.14. The van der Waals surface area contributed by atoms with E-state index in [9.17, 15) is 0 Å². The van der Waals surface area contributed by atoms with Gasteiger partial charge in [0.05, 0.1) is 11.4 Å². The van der Waals surface area contributed by atoms with Gasteiger partial charge in [-0.05, 0) is 12.1 Å². The second-order valence-electron chi connectivity index (χ2n) is 3.02. The monoisotopic (exact) mass is 201 g/mol. The minimum atomic E-state index is 0.685. The maximum Gasteiger partial charge on any atom is 0.0769 e. The topological polar surface area (TPSA) is 63.6 Å². The first kappa shape index (κ1) is 9.67. The summed E-state index contributed by atoms with van der Waals surface area (Å²) in [6.07, 6.45) is 6.74. The third-order valence-electron chi connectivity index (χ3n) is 1.86. The van der Waals surface area contributed by atoms with E-state index in [-0.39, 0.29) is 0 Å². The Labute approximate surface area is 87.6 Å². The van der Waals surface area contributed by atoms with Gasteiger partial charge < -0.3 is 5.32 Å². The van der Waals surface area contributed by atoms with Crippen molar-refractivity contribution in [3.05, 3.63) is 48.3 Å². The summed E-state index contributed by atoms with van der Waals surface area (Å²) in [5.74, 6) is 0. The van der Waals surface area contributed by atoms with Crippen LogP contribution in [0.1, 0.15) is 11.4 Å². The molecule has 0 aliphatic rings. The molecule has 0 bridgehead atoms. The van der Waals surface area contributed by atoms with E-state index in [1.165, 1.54) is 0 Å². The molecule has 1 N–H and O–H groups in total. The first-order valence-corrected chi connectivity index (χ1v) is 4.67. The fourth-order valence-electron chi connectivity index (χ4n) is 1.17. The van der Waals surface area contributed by atoms with Crippen LogP contribution < -0.4 is 5.32 Å². The number of nitrogens with one attached hydrogen (secondary N) is 1. The van der Waals surface area contributed by atoms with Crippen LogP contribution in [0.4, 0.5) is 0 Å². The van der Waals surface area contributed by atoms with Gasteiger partial charge in [0.1, 0.15) is 0 Å². The van der Waals surface area contributed by atoms with Crippen LogP contribution in [0.2, 0.25) is 0 Å². The van der Waals surface area contributed by atoms with Gasteiger partial charge in [-0.3, -0.25) is 9.97 Å². The predicted octanol–water partition coefficient (Wildman–Crippen LogP) is 0.556. The molecule has 0 unspecified atom stereocenters. The van der Waals surface area contributed by atoms with E-state index in [1.54, 1.807) is 24.8 Å². The highest BCUT2D eigenvalue weighted by atomic mass is 15.1. The highest BCUT2D eigenvalue weighted by Gasteiger charge is 1.95. The number of aromatic nitrogens is 4. The van der Waals surface area contributed by atoms with Gasteiger partial charge in [0.25, 0.3) is 0 Å². The molecule has 0 atom stereocenters. The van der Waals surface area contributed by atoms with Crippen LogP contribution in [0.5, 0.6) is 0 Å². The Morgan fingerprint density at radius 2 is 2.00 bits per heavy atom. The predicted molar refractivity (Wildman–Crippen MR) is 54.6 cm³/mol. The maximum absolute atomic E-state index is 4.15. The molecule has 0 radical (unpaired) electrons. The molecule has 0 aromatic carbocycles. The zero-order valence-electron chi connectivity index (χ0n) is 8.17. The van der Waals surface area contributed by atoms with E-state index in [4.69, 9.17) is 0 Å². The Morgan fingerprint density at radius 3 is 2.73 bits per heavy atom. The molecule has 0 saturated carbocycles. The molecule has 5 heteroatoms. The van der Waals surface area contributed by atoms with Crippen molar-refractivity contribution in [3.8, 4) is 0 Å². The van der Waals surface area contributed by atoms with Crippen LogP contribution in [-0.2, 0) is 13.1 Å². The van der Waals surface area contributed by atoms with E-state index < -0.39 is 0 Å². The normalized spacial score (nSPS) is 10.1. The van der Waals surface area contributed by atoms with Gasteiger partial charge in [-0.1, -0.05) is 0 Å².